The molecule has 0 aliphatic carbocycles. The number of nitrogens with zero attached hydrogens (tertiary/aromatic N) is 3. The van der Waals surface area contributed by atoms with E-state index in [0.717, 1.165) is 6.07 Å². The number of carbonyl (C=O) groups excluding carboxylic acids is 1. The molecule has 0 radical (unpaired) electrons. The van der Waals surface area contributed by atoms with Crippen molar-refractivity contribution >= 4 is 40.6 Å². The number of carbonyl (C=O) groups is 1. The first kappa shape index (κ1) is 20.0. The maximum Gasteiger partial charge on any atom is 0.417 e. The maximum absolute atomic E-state index is 12.7. The fourth-order valence-corrected chi connectivity index (χ4v) is 2.58. The van der Waals surface area contributed by atoms with Crippen molar-refractivity contribution in [2.24, 2.45) is 0 Å². The molecule has 146 valence electrons. The molecule has 3 aromatic rings. The van der Waals surface area contributed by atoms with Gasteiger partial charge >= 0.3 is 12.2 Å². The second kappa shape index (κ2) is 8.07. The quantitative estimate of drug-likeness (QED) is 0.591. The zero-order chi connectivity index (χ0) is 20.3. The molecule has 0 atom stereocenters. The van der Waals surface area contributed by atoms with Gasteiger partial charge in [-0.25, -0.2) is 4.79 Å². The van der Waals surface area contributed by atoms with E-state index >= 15 is 0 Å². The van der Waals surface area contributed by atoms with E-state index in [1.54, 1.807) is 24.3 Å². The van der Waals surface area contributed by atoms with Crippen LogP contribution in [-0.4, -0.2) is 20.8 Å². The Kier molecular flexibility index (Phi) is 5.76. The Bertz CT molecular complexity index is 989. The van der Waals surface area contributed by atoms with Gasteiger partial charge in [0.05, 0.1) is 34.7 Å². The van der Waals surface area contributed by atoms with Crippen molar-refractivity contribution in [3.05, 3.63) is 70.2 Å². The largest absolute Gasteiger partial charge is 0.417 e. The van der Waals surface area contributed by atoms with Crippen molar-refractivity contribution in [3.8, 4) is 0 Å². The lowest BCUT2D eigenvalue weighted by atomic mass is 10.2. The van der Waals surface area contributed by atoms with Gasteiger partial charge in [0.2, 0.25) is 0 Å². The Morgan fingerprint density at radius 2 is 1.75 bits per heavy atom. The number of hydrogen-bond donors (Lipinski definition) is 2. The van der Waals surface area contributed by atoms with Crippen LogP contribution in [0.15, 0.2) is 48.9 Å². The molecule has 2 aromatic heterocycles. The molecule has 0 fully saturated rings. The van der Waals surface area contributed by atoms with Crippen LogP contribution in [0.2, 0.25) is 10.0 Å². The van der Waals surface area contributed by atoms with Crippen molar-refractivity contribution in [1.29, 1.82) is 0 Å². The van der Waals surface area contributed by atoms with Crippen molar-refractivity contribution in [2.45, 2.75) is 12.7 Å². The molecule has 0 saturated heterocycles. The molecule has 0 bridgehead atoms. The summed E-state index contributed by atoms with van der Waals surface area (Å²) in [5, 5.41) is 9.66. The fraction of sp³-hybridized carbons (Fsp3) is 0.118. The Morgan fingerprint density at radius 3 is 2.39 bits per heavy atom. The van der Waals surface area contributed by atoms with Crippen LogP contribution >= 0.6 is 23.2 Å². The van der Waals surface area contributed by atoms with Gasteiger partial charge < -0.3 is 10.6 Å². The van der Waals surface area contributed by atoms with Gasteiger partial charge in [-0.1, -0.05) is 23.2 Å². The molecule has 0 spiro atoms. The van der Waals surface area contributed by atoms with Crippen LogP contribution in [0, 0.1) is 0 Å². The van der Waals surface area contributed by atoms with E-state index in [1.807, 2.05) is 0 Å². The molecule has 1 aromatic carbocycles. The van der Waals surface area contributed by atoms with Crippen LogP contribution < -0.4 is 10.6 Å². The van der Waals surface area contributed by atoms with Crippen LogP contribution in [0.25, 0.3) is 0 Å². The molecule has 0 saturated carbocycles. The number of anilines is 2. The van der Waals surface area contributed by atoms with Gasteiger partial charge in [0.15, 0.2) is 0 Å². The summed E-state index contributed by atoms with van der Waals surface area (Å²) in [6, 6.07) is 6.87. The number of urea groups is 1. The SMILES string of the molecule is O=C(Nc1ccc(Cl)cc1)Nc1cnn(Cc2ncc(C(F)(F)F)cc2Cl)c1. The highest BCUT2D eigenvalue weighted by Gasteiger charge is 2.31. The summed E-state index contributed by atoms with van der Waals surface area (Å²) in [6.45, 7) is 0.0391. The Labute approximate surface area is 167 Å². The van der Waals surface area contributed by atoms with Gasteiger partial charge in [-0.2, -0.15) is 18.3 Å². The van der Waals surface area contributed by atoms with Crippen LogP contribution in [-0.2, 0) is 12.7 Å². The van der Waals surface area contributed by atoms with E-state index in [-0.39, 0.29) is 17.3 Å². The minimum Gasteiger partial charge on any atom is -0.308 e. The topological polar surface area (TPSA) is 71.8 Å². The summed E-state index contributed by atoms with van der Waals surface area (Å²) in [5.74, 6) is 0. The number of rotatable bonds is 4. The number of nitrogens with one attached hydrogen (secondary N) is 2. The summed E-state index contributed by atoms with van der Waals surface area (Å²) >= 11 is 11.7. The highest BCUT2D eigenvalue weighted by Crippen LogP contribution is 2.31. The number of halogens is 5. The first-order valence-electron chi connectivity index (χ1n) is 7.78. The molecule has 2 amide bonds. The zero-order valence-electron chi connectivity index (χ0n) is 14.0. The van der Waals surface area contributed by atoms with Gasteiger partial charge in [-0.05, 0) is 30.3 Å². The zero-order valence-corrected chi connectivity index (χ0v) is 15.5. The summed E-state index contributed by atoms with van der Waals surface area (Å²) in [4.78, 5) is 15.7. The van der Waals surface area contributed by atoms with Crippen molar-refractivity contribution in [3.63, 3.8) is 0 Å². The number of benzene rings is 1. The van der Waals surface area contributed by atoms with Crippen LogP contribution in [0.4, 0.5) is 29.3 Å². The van der Waals surface area contributed by atoms with Crippen LogP contribution in [0.1, 0.15) is 11.3 Å². The number of aromatic nitrogens is 3. The van der Waals surface area contributed by atoms with Crippen molar-refractivity contribution < 1.29 is 18.0 Å². The third kappa shape index (κ3) is 5.14. The number of hydrogen-bond acceptors (Lipinski definition) is 3. The van der Waals surface area contributed by atoms with Crippen molar-refractivity contribution in [2.75, 3.05) is 10.6 Å². The molecular weight excluding hydrogens is 418 g/mol. The second-order valence-corrected chi connectivity index (χ2v) is 6.51. The van der Waals surface area contributed by atoms with E-state index in [4.69, 9.17) is 23.2 Å². The maximum atomic E-state index is 12.7. The summed E-state index contributed by atoms with van der Waals surface area (Å²) in [6.07, 6.45) is -0.921. The molecule has 0 aliphatic rings. The number of alkyl halides is 3. The third-order valence-corrected chi connectivity index (χ3v) is 4.13. The number of amides is 2. The van der Waals surface area contributed by atoms with E-state index in [0.29, 0.717) is 22.6 Å². The predicted octanol–water partition coefficient (Wildman–Crippen LogP) is 5.30. The van der Waals surface area contributed by atoms with Crippen molar-refractivity contribution in [1.82, 2.24) is 14.8 Å². The lowest BCUT2D eigenvalue weighted by molar-refractivity contribution is -0.137. The Balaban J connectivity index is 1.62. The molecule has 0 unspecified atom stereocenters. The highest BCUT2D eigenvalue weighted by molar-refractivity contribution is 6.31. The van der Waals surface area contributed by atoms with Gasteiger partial charge in [-0.3, -0.25) is 9.67 Å². The Morgan fingerprint density at radius 1 is 1.07 bits per heavy atom. The minimum atomic E-state index is -4.52. The lowest BCUT2D eigenvalue weighted by Gasteiger charge is -2.09. The molecule has 0 aliphatic heterocycles. The summed E-state index contributed by atoms with van der Waals surface area (Å²) in [5.41, 5.74) is 0.224. The third-order valence-electron chi connectivity index (χ3n) is 3.55. The van der Waals surface area contributed by atoms with E-state index < -0.39 is 17.8 Å². The molecule has 3 rings (SSSR count). The van der Waals surface area contributed by atoms with Gasteiger partial charge in [0.25, 0.3) is 0 Å². The van der Waals surface area contributed by atoms with E-state index in [1.165, 1.54) is 17.1 Å². The molecule has 2 heterocycles. The minimum absolute atomic E-state index is 0.0391. The van der Waals surface area contributed by atoms with Crippen LogP contribution in [0.3, 0.4) is 0 Å². The second-order valence-electron chi connectivity index (χ2n) is 5.66. The smallest absolute Gasteiger partial charge is 0.308 e. The normalized spacial score (nSPS) is 11.3. The molecule has 2 N–H and O–H groups in total. The monoisotopic (exact) mass is 429 g/mol. The highest BCUT2D eigenvalue weighted by atomic mass is 35.5. The Hall–Kier alpha value is -2.78. The fourth-order valence-electron chi connectivity index (χ4n) is 2.23. The molecule has 6 nitrogen and oxygen atoms in total. The van der Waals surface area contributed by atoms with E-state index in [2.05, 4.69) is 20.7 Å². The predicted molar refractivity (Wildman–Crippen MR) is 99.7 cm³/mol. The standard InChI is InChI=1S/C17H12Cl2F3N5O/c18-11-1-3-12(4-2-11)25-16(28)26-13-7-24-27(8-13)9-15-14(19)5-10(6-23-15)17(20,21)22/h1-8H,9H2,(H2,25,26,28). The van der Waals surface area contributed by atoms with Crippen LogP contribution in [0.5, 0.6) is 0 Å². The summed E-state index contributed by atoms with van der Waals surface area (Å²) in [7, 11) is 0. The van der Waals surface area contributed by atoms with E-state index in [9.17, 15) is 18.0 Å². The average molecular weight is 430 g/mol. The average Bonchev–Trinajstić information content (AvgIpc) is 3.04. The first-order valence-corrected chi connectivity index (χ1v) is 8.54. The molecule has 11 heteroatoms. The molecule has 28 heavy (non-hydrogen) atoms. The summed E-state index contributed by atoms with van der Waals surface area (Å²) < 4.78 is 39.4. The van der Waals surface area contributed by atoms with Gasteiger partial charge in [0, 0.05) is 23.1 Å². The molecular formula is C17H12Cl2F3N5O. The first-order chi connectivity index (χ1) is 13.2. The number of pyridine rings is 1. The van der Waals surface area contributed by atoms with Gasteiger partial charge in [-0.15, -0.1) is 0 Å². The lowest BCUT2D eigenvalue weighted by Crippen LogP contribution is -2.19. The van der Waals surface area contributed by atoms with Gasteiger partial charge in [0.1, 0.15) is 0 Å².